The third kappa shape index (κ3) is 5.35. The van der Waals surface area contributed by atoms with E-state index in [9.17, 15) is 4.21 Å². The third-order valence-corrected chi connectivity index (χ3v) is 5.72. The van der Waals surface area contributed by atoms with E-state index in [-0.39, 0.29) is 5.35 Å². The predicted molar refractivity (Wildman–Crippen MR) is 108 cm³/mol. The Morgan fingerprint density at radius 3 is 2.68 bits per heavy atom. The first-order valence-electron chi connectivity index (χ1n) is 7.29. The number of benzene rings is 1. The minimum absolute atomic E-state index is 0.0637. The number of hydrogen-bond acceptors (Lipinski definition) is 4. The maximum absolute atomic E-state index is 11.4. The zero-order valence-electron chi connectivity index (χ0n) is 14.0. The van der Waals surface area contributed by atoms with E-state index in [2.05, 4.69) is 11.6 Å². The maximum Gasteiger partial charge on any atom is 0.293 e. The summed E-state index contributed by atoms with van der Waals surface area (Å²) in [6, 6.07) is 5.72. The highest BCUT2D eigenvalue weighted by atomic mass is 35.5. The highest BCUT2D eigenvalue weighted by Crippen LogP contribution is 2.37. The van der Waals surface area contributed by atoms with Crippen LogP contribution in [0.4, 0.5) is 0 Å². The summed E-state index contributed by atoms with van der Waals surface area (Å²) in [6.45, 7) is 7.59. The molecule has 132 valence electrons. The zero-order valence-corrected chi connectivity index (χ0v) is 17.2. The van der Waals surface area contributed by atoms with E-state index in [1.54, 1.807) is 18.4 Å². The first-order valence-corrected chi connectivity index (χ1v) is 10.4. The van der Waals surface area contributed by atoms with E-state index in [4.69, 9.17) is 27.6 Å². The van der Waals surface area contributed by atoms with Gasteiger partial charge in [0.05, 0.1) is 0 Å². The van der Waals surface area contributed by atoms with Crippen LogP contribution in [0.1, 0.15) is 18.2 Å². The summed E-state index contributed by atoms with van der Waals surface area (Å²) in [7, 11) is -1.12. The lowest BCUT2D eigenvalue weighted by molar-refractivity contribution is 0.471. The van der Waals surface area contributed by atoms with Gasteiger partial charge in [-0.1, -0.05) is 30.3 Å². The van der Waals surface area contributed by atoms with Gasteiger partial charge >= 0.3 is 0 Å². The molecule has 0 saturated heterocycles. The van der Waals surface area contributed by atoms with Gasteiger partial charge in [-0.2, -0.15) is 4.98 Å². The fourth-order valence-corrected chi connectivity index (χ4v) is 3.46. The smallest absolute Gasteiger partial charge is 0.293 e. The molecule has 1 unspecified atom stereocenters. The van der Waals surface area contributed by atoms with Crippen molar-refractivity contribution in [1.29, 1.82) is 0 Å². The summed E-state index contributed by atoms with van der Waals surface area (Å²) in [5.41, 5.74) is 2.40. The van der Waals surface area contributed by atoms with Crippen LogP contribution in [-0.2, 0) is 10.8 Å². The predicted octanol–water partition coefficient (Wildman–Crippen LogP) is 6.29. The van der Waals surface area contributed by atoms with Crippen molar-refractivity contribution in [3.05, 3.63) is 69.5 Å². The van der Waals surface area contributed by atoms with Gasteiger partial charge in [-0.3, -0.25) is 4.21 Å². The van der Waals surface area contributed by atoms with Crippen molar-refractivity contribution in [3.63, 3.8) is 0 Å². The summed E-state index contributed by atoms with van der Waals surface area (Å²) in [6.07, 6.45) is 6.97. The van der Waals surface area contributed by atoms with Crippen LogP contribution in [0.25, 0.3) is 5.57 Å². The molecule has 0 aliphatic heterocycles. The molecule has 7 heteroatoms. The summed E-state index contributed by atoms with van der Waals surface area (Å²) >= 11 is 13.5. The topological polar surface area (TPSA) is 43.1 Å². The van der Waals surface area contributed by atoms with E-state index < -0.39 is 10.8 Å². The summed E-state index contributed by atoms with van der Waals surface area (Å²) < 4.78 is 17.0. The lowest BCUT2D eigenvalue weighted by atomic mass is 10.2. The molecule has 0 amide bonds. The standard InChI is InChI=1S/C18H17Cl2NO2S2/c1-5-13(7-6-12(3)25(4)22)16-17(23-18(20)21-16)24-14-8-9-15(19)11(2)10-14/h5-10H,3H2,1-2,4H3/b7-6-,13-5+. The molecule has 0 fully saturated rings. The second-order valence-electron chi connectivity index (χ2n) is 5.11. The fraction of sp³-hybridized carbons (Fsp3) is 0.167. The van der Waals surface area contributed by atoms with Crippen LogP contribution in [-0.4, -0.2) is 15.4 Å². The molecule has 0 N–H and O–H groups in total. The summed E-state index contributed by atoms with van der Waals surface area (Å²) in [5.74, 6) is 0. The number of nitrogens with zero attached hydrogens (tertiary/aromatic N) is 1. The molecule has 3 nitrogen and oxygen atoms in total. The molecule has 2 aromatic rings. The van der Waals surface area contributed by atoms with Gasteiger partial charge in [0, 0.05) is 37.5 Å². The monoisotopic (exact) mass is 413 g/mol. The Hall–Kier alpha value is -1.27. The van der Waals surface area contributed by atoms with Gasteiger partial charge in [-0.05, 0) is 67.0 Å². The second-order valence-corrected chi connectivity index (χ2v) is 8.32. The van der Waals surface area contributed by atoms with Crippen molar-refractivity contribution in [3.8, 4) is 0 Å². The Kier molecular flexibility index (Phi) is 7.14. The molecule has 1 heterocycles. The largest absolute Gasteiger partial charge is 0.420 e. The Balaban J connectivity index is 2.34. The molecule has 0 saturated carbocycles. The number of oxazole rings is 1. The van der Waals surface area contributed by atoms with E-state index in [1.807, 2.05) is 38.1 Å². The van der Waals surface area contributed by atoms with Gasteiger partial charge in [0.15, 0.2) is 5.09 Å². The molecule has 1 aromatic heterocycles. The molecule has 2 rings (SSSR count). The first kappa shape index (κ1) is 20.0. The zero-order chi connectivity index (χ0) is 18.6. The van der Waals surface area contributed by atoms with Crippen molar-refractivity contribution < 1.29 is 8.63 Å². The quantitative estimate of drug-likeness (QED) is 0.521. The highest BCUT2D eigenvalue weighted by Gasteiger charge is 2.16. The Labute approximate surface area is 164 Å². The minimum atomic E-state index is -1.12. The lowest BCUT2D eigenvalue weighted by Crippen LogP contribution is -1.88. The number of aryl methyl sites for hydroxylation is 1. The van der Waals surface area contributed by atoms with Crippen molar-refractivity contribution in [2.24, 2.45) is 0 Å². The van der Waals surface area contributed by atoms with Crippen molar-refractivity contribution in [2.45, 2.75) is 23.8 Å². The molecule has 1 atom stereocenters. The van der Waals surface area contributed by atoms with Gasteiger partial charge in [0.1, 0.15) is 5.69 Å². The van der Waals surface area contributed by atoms with E-state index >= 15 is 0 Å². The van der Waals surface area contributed by atoms with E-state index in [0.717, 1.165) is 16.0 Å². The average molecular weight is 414 g/mol. The van der Waals surface area contributed by atoms with Crippen molar-refractivity contribution in [1.82, 2.24) is 4.98 Å². The van der Waals surface area contributed by atoms with Gasteiger partial charge in [0.2, 0.25) is 0 Å². The lowest BCUT2D eigenvalue weighted by Gasteiger charge is -2.04. The van der Waals surface area contributed by atoms with Gasteiger partial charge < -0.3 is 4.42 Å². The Morgan fingerprint density at radius 1 is 1.36 bits per heavy atom. The van der Waals surface area contributed by atoms with Crippen LogP contribution in [0.15, 0.2) is 62.3 Å². The number of hydrogen-bond donors (Lipinski definition) is 0. The van der Waals surface area contributed by atoms with Crippen molar-refractivity contribution >= 4 is 51.3 Å². The van der Waals surface area contributed by atoms with Gasteiger partial charge in [-0.15, -0.1) is 0 Å². The number of halogens is 2. The minimum Gasteiger partial charge on any atom is -0.420 e. The van der Waals surface area contributed by atoms with Crippen LogP contribution in [0, 0.1) is 6.92 Å². The molecule has 0 spiro atoms. The fourth-order valence-electron chi connectivity index (χ4n) is 1.91. The van der Waals surface area contributed by atoms with Crippen molar-refractivity contribution in [2.75, 3.05) is 6.26 Å². The Morgan fingerprint density at radius 2 is 2.08 bits per heavy atom. The molecule has 0 aliphatic rings. The molecule has 25 heavy (non-hydrogen) atoms. The Bertz CT molecular complexity index is 885. The number of rotatable bonds is 6. The second kappa shape index (κ2) is 8.90. The number of aromatic nitrogens is 1. The number of allylic oxidation sites excluding steroid dienone is 4. The average Bonchev–Trinajstić information content (AvgIpc) is 2.91. The van der Waals surface area contributed by atoms with Gasteiger partial charge in [-0.25, -0.2) is 0 Å². The van der Waals surface area contributed by atoms with Crippen LogP contribution in [0.2, 0.25) is 10.4 Å². The molecule has 0 aliphatic carbocycles. The maximum atomic E-state index is 11.4. The van der Waals surface area contributed by atoms with E-state index in [0.29, 0.717) is 20.7 Å². The highest BCUT2D eigenvalue weighted by molar-refractivity contribution is 7.99. The first-order chi connectivity index (χ1) is 11.8. The van der Waals surface area contributed by atoms with Crippen LogP contribution < -0.4 is 0 Å². The molecule has 0 radical (unpaired) electrons. The van der Waals surface area contributed by atoms with E-state index in [1.165, 1.54) is 11.8 Å². The third-order valence-electron chi connectivity index (χ3n) is 3.31. The van der Waals surface area contributed by atoms with Crippen LogP contribution >= 0.6 is 35.0 Å². The SMILES string of the molecule is C=C(/C=C\C(=C/C)c1nc(Cl)oc1Sc1ccc(Cl)c(C)c1)S(C)=O. The van der Waals surface area contributed by atoms with Crippen LogP contribution in [0.5, 0.6) is 0 Å². The molecule has 0 bridgehead atoms. The molecular weight excluding hydrogens is 397 g/mol. The van der Waals surface area contributed by atoms with Crippen LogP contribution in [0.3, 0.4) is 0 Å². The molecular formula is C18H17Cl2NO2S2. The molecule has 1 aromatic carbocycles. The van der Waals surface area contributed by atoms with Gasteiger partial charge in [0.25, 0.3) is 5.35 Å². The normalized spacial score (nSPS) is 13.4. The summed E-state index contributed by atoms with van der Waals surface area (Å²) in [5, 5.41) is 1.35. The summed E-state index contributed by atoms with van der Waals surface area (Å²) in [4.78, 5) is 5.76.